The van der Waals surface area contributed by atoms with E-state index in [1.165, 1.54) is 10.4 Å². The number of nitrogens with zero attached hydrogens (tertiary/aromatic N) is 1. The van der Waals surface area contributed by atoms with Crippen molar-refractivity contribution in [2.45, 2.75) is 4.90 Å². The summed E-state index contributed by atoms with van der Waals surface area (Å²) < 4.78 is 37.6. The summed E-state index contributed by atoms with van der Waals surface area (Å²) >= 11 is 0. The third-order valence-electron chi connectivity index (χ3n) is 3.48. The van der Waals surface area contributed by atoms with Gasteiger partial charge in [0.05, 0.1) is 18.1 Å². The molecule has 0 saturated carbocycles. The van der Waals surface area contributed by atoms with Crippen LogP contribution in [-0.2, 0) is 14.8 Å². The number of rotatable bonds is 4. The fraction of sp³-hybridized carbons (Fsp3) is 0.267. The molecule has 0 aliphatic carbocycles. The molecule has 116 valence electrons. The predicted molar refractivity (Wildman–Crippen MR) is 79.1 cm³/mol. The largest absolute Gasteiger partial charge is 0.453 e. The average Bonchev–Trinajstić information content (AvgIpc) is 3.05. The second kappa shape index (κ2) is 6.04. The molecule has 3 rings (SSSR count). The number of morpholine rings is 1. The molecule has 0 amide bonds. The topological polar surface area (TPSA) is 76.8 Å². The highest BCUT2D eigenvalue weighted by Crippen LogP contribution is 2.30. The quantitative estimate of drug-likeness (QED) is 0.802. The highest BCUT2D eigenvalue weighted by atomic mass is 32.2. The first-order valence-corrected chi connectivity index (χ1v) is 8.29. The number of hydrogen-bond acceptors (Lipinski definition) is 5. The van der Waals surface area contributed by atoms with E-state index < -0.39 is 10.0 Å². The maximum absolute atomic E-state index is 12.8. The van der Waals surface area contributed by atoms with Crippen molar-refractivity contribution in [1.29, 1.82) is 0 Å². The van der Waals surface area contributed by atoms with Gasteiger partial charge in [-0.1, -0.05) is 12.1 Å². The zero-order valence-electron chi connectivity index (χ0n) is 11.8. The Hall–Kier alpha value is -1.96. The Morgan fingerprint density at radius 3 is 2.45 bits per heavy atom. The molecule has 7 heteroatoms. The van der Waals surface area contributed by atoms with E-state index >= 15 is 0 Å². The van der Waals surface area contributed by atoms with Gasteiger partial charge in [-0.2, -0.15) is 4.31 Å². The minimum atomic E-state index is -3.63. The van der Waals surface area contributed by atoms with Gasteiger partial charge in [-0.15, -0.1) is 0 Å². The summed E-state index contributed by atoms with van der Waals surface area (Å²) in [4.78, 5) is 10.9. The lowest BCUT2D eigenvalue weighted by Gasteiger charge is -2.26. The standard InChI is InChI=1S/C15H15NO5S/c17-11-12-5-6-14(21-12)13-3-1-2-4-15(13)22(18,19)16-7-9-20-10-8-16/h1-6,11H,7-10H2. The van der Waals surface area contributed by atoms with E-state index in [4.69, 9.17) is 9.15 Å². The third kappa shape index (κ3) is 2.70. The van der Waals surface area contributed by atoms with Crippen LogP contribution in [0, 0.1) is 0 Å². The van der Waals surface area contributed by atoms with Crippen LogP contribution in [0.1, 0.15) is 10.6 Å². The molecule has 2 heterocycles. The Morgan fingerprint density at radius 2 is 1.77 bits per heavy atom. The fourth-order valence-corrected chi connectivity index (χ4v) is 3.99. The lowest BCUT2D eigenvalue weighted by Crippen LogP contribution is -2.40. The van der Waals surface area contributed by atoms with E-state index in [1.54, 1.807) is 30.3 Å². The molecule has 1 aliphatic heterocycles. The molecule has 0 unspecified atom stereocenters. The van der Waals surface area contributed by atoms with Crippen molar-refractivity contribution in [3.8, 4) is 11.3 Å². The van der Waals surface area contributed by atoms with Crippen LogP contribution in [0.25, 0.3) is 11.3 Å². The monoisotopic (exact) mass is 321 g/mol. The van der Waals surface area contributed by atoms with Crippen molar-refractivity contribution in [2.75, 3.05) is 26.3 Å². The molecule has 0 bridgehead atoms. The first-order chi connectivity index (χ1) is 10.6. The van der Waals surface area contributed by atoms with Gasteiger partial charge >= 0.3 is 0 Å². The Kier molecular flexibility index (Phi) is 4.10. The van der Waals surface area contributed by atoms with Crippen LogP contribution in [0.15, 0.2) is 45.7 Å². The van der Waals surface area contributed by atoms with Crippen LogP contribution in [0.4, 0.5) is 0 Å². The lowest BCUT2D eigenvalue weighted by molar-refractivity contribution is 0.0730. The van der Waals surface area contributed by atoms with Crippen molar-refractivity contribution in [2.24, 2.45) is 0 Å². The smallest absolute Gasteiger partial charge is 0.243 e. The van der Waals surface area contributed by atoms with Crippen LogP contribution >= 0.6 is 0 Å². The molecule has 1 saturated heterocycles. The van der Waals surface area contributed by atoms with Crippen molar-refractivity contribution in [1.82, 2.24) is 4.31 Å². The molecular formula is C15H15NO5S. The molecule has 6 nitrogen and oxygen atoms in total. The average molecular weight is 321 g/mol. The molecule has 1 aromatic carbocycles. The highest BCUT2D eigenvalue weighted by Gasteiger charge is 2.29. The molecule has 2 aromatic rings. The molecular weight excluding hydrogens is 306 g/mol. The maximum Gasteiger partial charge on any atom is 0.243 e. The Balaban J connectivity index is 2.05. The van der Waals surface area contributed by atoms with E-state index in [-0.39, 0.29) is 10.7 Å². The van der Waals surface area contributed by atoms with Crippen molar-refractivity contribution >= 4 is 16.3 Å². The van der Waals surface area contributed by atoms with E-state index in [1.807, 2.05) is 0 Å². The number of carbonyl (C=O) groups excluding carboxylic acids is 1. The van der Waals surface area contributed by atoms with E-state index in [2.05, 4.69) is 0 Å². The number of aldehydes is 1. The summed E-state index contributed by atoms with van der Waals surface area (Å²) in [5.41, 5.74) is 0.446. The number of benzene rings is 1. The second-order valence-electron chi connectivity index (χ2n) is 4.83. The molecule has 0 atom stereocenters. The van der Waals surface area contributed by atoms with Crippen LogP contribution in [-0.4, -0.2) is 45.3 Å². The van der Waals surface area contributed by atoms with E-state index in [9.17, 15) is 13.2 Å². The van der Waals surface area contributed by atoms with Gasteiger partial charge in [-0.05, 0) is 24.3 Å². The van der Waals surface area contributed by atoms with Crippen molar-refractivity contribution in [3.05, 3.63) is 42.2 Å². The predicted octanol–water partition coefficient (Wildman–Crippen LogP) is 1.78. The second-order valence-corrected chi connectivity index (χ2v) is 6.74. The molecule has 22 heavy (non-hydrogen) atoms. The molecule has 0 spiro atoms. The Bertz CT molecular complexity index is 775. The molecule has 1 aromatic heterocycles. The first kappa shape index (κ1) is 15.0. The van der Waals surface area contributed by atoms with Crippen molar-refractivity contribution < 1.29 is 22.4 Å². The van der Waals surface area contributed by atoms with Gasteiger partial charge in [0.2, 0.25) is 10.0 Å². The van der Waals surface area contributed by atoms with Gasteiger partial charge in [0, 0.05) is 18.7 Å². The number of carbonyl (C=O) groups is 1. The first-order valence-electron chi connectivity index (χ1n) is 6.85. The Labute approximate surface area is 128 Å². The summed E-state index contributed by atoms with van der Waals surface area (Å²) in [6.07, 6.45) is 0.586. The van der Waals surface area contributed by atoms with E-state index in [0.29, 0.717) is 43.9 Å². The van der Waals surface area contributed by atoms with Gasteiger partial charge in [0.25, 0.3) is 0 Å². The van der Waals surface area contributed by atoms with Crippen LogP contribution < -0.4 is 0 Å². The fourth-order valence-electron chi connectivity index (χ4n) is 2.38. The lowest BCUT2D eigenvalue weighted by atomic mass is 10.2. The van der Waals surface area contributed by atoms with Crippen LogP contribution in [0.5, 0.6) is 0 Å². The number of sulfonamides is 1. The normalized spacial score (nSPS) is 16.5. The number of furan rings is 1. The van der Waals surface area contributed by atoms with Gasteiger partial charge in [-0.25, -0.2) is 8.42 Å². The van der Waals surface area contributed by atoms with E-state index in [0.717, 1.165) is 0 Å². The summed E-state index contributed by atoms with van der Waals surface area (Å²) in [7, 11) is -3.63. The minimum Gasteiger partial charge on any atom is -0.453 e. The highest BCUT2D eigenvalue weighted by molar-refractivity contribution is 7.89. The maximum atomic E-state index is 12.8. The molecule has 1 fully saturated rings. The SMILES string of the molecule is O=Cc1ccc(-c2ccccc2S(=O)(=O)N2CCOCC2)o1. The molecule has 0 radical (unpaired) electrons. The zero-order chi connectivity index (χ0) is 15.6. The summed E-state index contributed by atoms with van der Waals surface area (Å²) in [5, 5.41) is 0. The van der Waals surface area contributed by atoms with Crippen LogP contribution in [0.2, 0.25) is 0 Å². The number of ether oxygens (including phenoxy) is 1. The summed E-state index contributed by atoms with van der Waals surface area (Å²) in [6, 6.07) is 9.72. The Morgan fingerprint density at radius 1 is 1.05 bits per heavy atom. The van der Waals surface area contributed by atoms with Gasteiger partial charge in [-0.3, -0.25) is 4.79 Å². The zero-order valence-corrected chi connectivity index (χ0v) is 12.6. The third-order valence-corrected chi connectivity index (χ3v) is 5.44. The van der Waals surface area contributed by atoms with Gasteiger partial charge in [0.1, 0.15) is 5.76 Å². The number of hydrogen-bond donors (Lipinski definition) is 0. The van der Waals surface area contributed by atoms with Crippen LogP contribution in [0.3, 0.4) is 0 Å². The van der Waals surface area contributed by atoms with Gasteiger partial charge in [0.15, 0.2) is 12.0 Å². The molecule has 0 N–H and O–H groups in total. The minimum absolute atomic E-state index is 0.161. The summed E-state index contributed by atoms with van der Waals surface area (Å²) in [6.45, 7) is 1.43. The molecule has 1 aliphatic rings. The summed E-state index contributed by atoms with van der Waals surface area (Å²) in [5.74, 6) is 0.517. The van der Waals surface area contributed by atoms with Gasteiger partial charge < -0.3 is 9.15 Å². The van der Waals surface area contributed by atoms with Crippen molar-refractivity contribution in [3.63, 3.8) is 0 Å².